The van der Waals surface area contributed by atoms with Crippen LogP contribution in [0, 0.1) is 16.7 Å². The summed E-state index contributed by atoms with van der Waals surface area (Å²) in [5.74, 6) is 0. The summed E-state index contributed by atoms with van der Waals surface area (Å²) in [7, 11) is -2.79. The van der Waals surface area contributed by atoms with Crippen LogP contribution in [0.3, 0.4) is 0 Å². The molecule has 1 aliphatic rings. The van der Waals surface area contributed by atoms with Crippen LogP contribution in [-0.4, -0.2) is 45.8 Å². The molecule has 1 aromatic rings. The molecule has 33 heavy (non-hydrogen) atoms. The monoisotopic (exact) mass is 489 g/mol. The lowest BCUT2D eigenvalue weighted by Crippen LogP contribution is -2.41. The van der Waals surface area contributed by atoms with Gasteiger partial charge in [0.15, 0.2) is 17.4 Å². The molecular weight excluding hydrogens is 446 g/mol. The fraction of sp³-hybridized carbons (Fsp3) is 0.600. The summed E-state index contributed by atoms with van der Waals surface area (Å²) < 4.78 is 12.2. The summed E-state index contributed by atoms with van der Waals surface area (Å²) in [6, 6.07) is 5.72. The number of hydrogen-bond donors (Lipinski definition) is 1. The van der Waals surface area contributed by atoms with Gasteiger partial charge in [0.1, 0.15) is 11.8 Å². The van der Waals surface area contributed by atoms with Crippen LogP contribution in [0.4, 0.5) is 0 Å². The number of hydroxylamine groups is 2. The van der Waals surface area contributed by atoms with Gasteiger partial charge in [0.05, 0.1) is 19.3 Å². The van der Waals surface area contributed by atoms with Crippen molar-refractivity contribution in [3.63, 3.8) is 0 Å². The first-order chi connectivity index (χ1) is 15.1. The predicted octanol–water partition coefficient (Wildman–Crippen LogP) is 6.19. The molecule has 1 N–H and O–H groups in total. The Labute approximate surface area is 203 Å². The van der Waals surface area contributed by atoms with Gasteiger partial charge in [-0.15, -0.1) is 0 Å². The Hall–Kier alpha value is -1.77. The first-order valence-corrected chi connectivity index (χ1v) is 17.2. The molecule has 184 valence electrons. The highest BCUT2D eigenvalue weighted by atomic mass is 28.4. The molecule has 8 heteroatoms. The molecule has 0 aromatic carbocycles. The van der Waals surface area contributed by atoms with E-state index in [2.05, 4.69) is 72.7 Å². The van der Waals surface area contributed by atoms with Crippen molar-refractivity contribution in [3.8, 4) is 6.07 Å². The van der Waals surface area contributed by atoms with Gasteiger partial charge < -0.3 is 8.85 Å². The van der Waals surface area contributed by atoms with Crippen molar-refractivity contribution in [2.75, 3.05) is 13.2 Å². The summed E-state index contributed by atoms with van der Waals surface area (Å²) in [6.45, 7) is 23.1. The van der Waals surface area contributed by atoms with Crippen molar-refractivity contribution in [2.45, 2.75) is 78.9 Å². The van der Waals surface area contributed by atoms with Crippen LogP contribution < -0.4 is 0 Å². The number of nitrogens with zero attached hydrogens (tertiary/aromatic N) is 3. The van der Waals surface area contributed by atoms with E-state index in [0.29, 0.717) is 18.8 Å². The van der Waals surface area contributed by atoms with E-state index < -0.39 is 17.4 Å². The highest BCUT2D eigenvalue weighted by Gasteiger charge is 2.37. The van der Waals surface area contributed by atoms with Crippen molar-refractivity contribution in [1.82, 2.24) is 10.0 Å². The number of allylic oxidation sites excluding steroid dienone is 2. The van der Waals surface area contributed by atoms with Crippen LogP contribution in [0.1, 0.15) is 58.9 Å². The molecule has 2 heterocycles. The average Bonchev–Trinajstić information content (AvgIpc) is 2.69. The number of rotatable bonds is 6. The second-order valence-electron chi connectivity index (χ2n) is 11.3. The molecule has 6 nitrogen and oxygen atoms in total. The lowest BCUT2D eigenvalue weighted by molar-refractivity contribution is -0.0344. The maximum atomic E-state index is 9.33. The Balaban J connectivity index is 0.000000331. The van der Waals surface area contributed by atoms with E-state index in [4.69, 9.17) is 14.1 Å². The Bertz CT molecular complexity index is 846. The second-order valence-corrected chi connectivity index (χ2v) is 18.5. The average molecular weight is 490 g/mol. The molecule has 0 aliphatic carbocycles. The molecule has 0 saturated carbocycles. The summed E-state index contributed by atoms with van der Waals surface area (Å²) in [4.78, 5) is 4.11. The van der Waals surface area contributed by atoms with Crippen molar-refractivity contribution in [1.29, 1.82) is 5.26 Å². The zero-order chi connectivity index (χ0) is 25.4. The Kier molecular flexibility index (Phi) is 10.7. The molecular formula is C25H43N3O3Si2. The molecule has 1 aromatic heterocycles. The molecule has 1 atom stereocenters. The maximum absolute atomic E-state index is 9.33. The lowest BCUT2D eigenvalue weighted by atomic mass is 9.85. The summed E-state index contributed by atoms with van der Waals surface area (Å²) in [5, 5.41) is 19.5. The second kappa shape index (κ2) is 12.1. The van der Waals surface area contributed by atoms with Crippen molar-refractivity contribution >= 4 is 17.4 Å². The molecule has 0 radical (unpaired) electrons. The molecule has 0 saturated heterocycles. The molecule has 1 aliphatic heterocycles. The third-order valence-electron chi connectivity index (χ3n) is 5.78. The lowest BCUT2D eigenvalue weighted by Gasteiger charge is -2.36. The number of nitriles is 1. The van der Waals surface area contributed by atoms with Crippen molar-refractivity contribution in [3.05, 3.63) is 53.5 Å². The fourth-order valence-electron chi connectivity index (χ4n) is 2.86. The predicted molar refractivity (Wildman–Crippen MR) is 140 cm³/mol. The minimum Gasteiger partial charge on any atom is -0.413 e. The molecule has 0 fully saturated rings. The van der Waals surface area contributed by atoms with E-state index in [9.17, 15) is 5.21 Å². The van der Waals surface area contributed by atoms with Gasteiger partial charge >= 0.3 is 0 Å². The van der Waals surface area contributed by atoms with Gasteiger partial charge in [0.25, 0.3) is 0 Å². The van der Waals surface area contributed by atoms with Gasteiger partial charge in [-0.05, 0) is 59.9 Å². The van der Waals surface area contributed by atoms with Gasteiger partial charge in [0.2, 0.25) is 0 Å². The van der Waals surface area contributed by atoms with Crippen LogP contribution >= 0.6 is 0 Å². The van der Waals surface area contributed by atoms with Crippen LogP contribution in [0.25, 0.3) is 0 Å². The van der Waals surface area contributed by atoms with Gasteiger partial charge in [-0.1, -0.05) is 53.7 Å². The molecule has 0 amide bonds. The van der Waals surface area contributed by atoms with Gasteiger partial charge in [0, 0.05) is 12.4 Å². The smallest absolute Gasteiger partial charge is 0.192 e. The quantitative estimate of drug-likeness (QED) is 0.480. The first kappa shape index (κ1) is 29.3. The summed E-state index contributed by atoms with van der Waals surface area (Å²) in [6.07, 6.45) is 7.31. The van der Waals surface area contributed by atoms with Gasteiger partial charge in [-0.25, -0.2) is 4.98 Å². The number of pyridine rings is 1. The zero-order valence-corrected chi connectivity index (χ0v) is 24.3. The van der Waals surface area contributed by atoms with E-state index in [1.165, 1.54) is 5.06 Å². The minimum atomic E-state index is -1.68. The van der Waals surface area contributed by atoms with Crippen LogP contribution in [0.5, 0.6) is 0 Å². The largest absolute Gasteiger partial charge is 0.413 e. The highest BCUT2D eigenvalue weighted by Crippen LogP contribution is 2.37. The van der Waals surface area contributed by atoms with E-state index in [1.54, 1.807) is 18.5 Å². The third-order valence-corrected chi connectivity index (χ3v) is 11.1. The van der Waals surface area contributed by atoms with E-state index >= 15 is 0 Å². The molecule has 1 unspecified atom stereocenters. The number of aromatic nitrogens is 1. The van der Waals surface area contributed by atoms with Crippen LogP contribution in [0.15, 0.2) is 42.3 Å². The van der Waals surface area contributed by atoms with Crippen molar-refractivity contribution < 1.29 is 14.1 Å². The molecule has 0 bridgehead atoms. The fourth-order valence-corrected chi connectivity index (χ4v) is 4.95. The third kappa shape index (κ3) is 9.94. The van der Waals surface area contributed by atoms with E-state index in [1.807, 2.05) is 24.3 Å². The van der Waals surface area contributed by atoms with E-state index in [-0.39, 0.29) is 16.6 Å². The van der Waals surface area contributed by atoms with E-state index in [0.717, 1.165) is 11.1 Å². The van der Waals surface area contributed by atoms with Crippen LogP contribution in [-0.2, 0) is 8.85 Å². The first-order valence-electron chi connectivity index (χ1n) is 11.5. The van der Waals surface area contributed by atoms with Crippen molar-refractivity contribution in [2.24, 2.45) is 5.41 Å². The maximum Gasteiger partial charge on any atom is 0.192 e. The standard InChI is InChI=1S/C13H20N2OSi.C12H23NO2Si/c1-13(2,3)12(16-17(4)5)10-6-7-11(8-14)15-9-10;1-12(2,3)16(4,5)15-10-11-7-6-8-13(14)9-11/h6-7,9,12,17H,1-5H3;6-8,14H,9-10H2,1-5H3. The summed E-state index contributed by atoms with van der Waals surface area (Å²) in [5.41, 5.74) is 2.66. The number of hydrogen-bond acceptors (Lipinski definition) is 6. The Morgan fingerprint density at radius 2 is 1.85 bits per heavy atom. The summed E-state index contributed by atoms with van der Waals surface area (Å²) >= 11 is 0. The highest BCUT2D eigenvalue weighted by molar-refractivity contribution is 6.74. The minimum absolute atomic E-state index is 0.0348. The SMILES string of the molecule is CC(C)(C)[Si](C)(C)OCC1=CC=CN(O)C1.C[SiH](C)OC(c1ccc(C#N)nc1)C(C)(C)C. The molecule has 0 spiro atoms. The Morgan fingerprint density at radius 3 is 2.27 bits per heavy atom. The Morgan fingerprint density at radius 1 is 1.21 bits per heavy atom. The topological polar surface area (TPSA) is 78.6 Å². The normalized spacial score (nSPS) is 15.5. The van der Waals surface area contributed by atoms with Gasteiger partial charge in [-0.2, -0.15) is 5.26 Å². The van der Waals surface area contributed by atoms with Crippen LogP contribution in [0.2, 0.25) is 31.2 Å². The van der Waals surface area contributed by atoms with Gasteiger partial charge in [-0.3, -0.25) is 10.3 Å². The molecule has 2 rings (SSSR count). The zero-order valence-electron chi connectivity index (χ0n) is 22.1.